The molecule has 3 aliphatic heterocycles. The Morgan fingerprint density at radius 3 is 2.83 bits per heavy atom. The van der Waals surface area contributed by atoms with E-state index in [1.165, 1.54) is 16.7 Å². The molecule has 2 N–H and O–H groups in total. The van der Waals surface area contributed by atoms with Crippen LogP contribution in [0.2, 0.25) is 0 Å². The molecule has 3 aliphatic rings. The number of aliphatic imine (C=N–C) groups is 2. The van der Waals surface area contributed by atoms with Crippen molar-refractivity contribution in [2.45, 2.75) is 44.0 Å². The van der Waals surface area contributed by atoms with Crippen LogP contribution in [0.5, 0.6) is 11.5 Å². The van der Waals surface area contributed by atoms with Crippen LogP contribution in [0.1, 0.15) is 36.6 Å². The first-order valence-electron chi connectivity index (χ1n) is 13.3. The minimum atomic E-state index is -0.711. The Balaban J connectivity index is 1.16. The van der Waals surface area contributed by atoms with Gasteiger partial charge in [0.15, 0.2) is 16.7 Å². The molecule has 0 aliphatic carbocycles. The number of benzene rings is 2. The van der Waals surface area contributed by atoms with Crippen molar-refractivity contribution in [2.24, 2.45) is 9.98 Å². The fourth-order valence-corrected chi connectivity index (χ4v) is 6.34. The Bertz CT molecular complexity index is 1550. The molecular weight excluding hydrogens is 562 g/mol. The average molecular weight is 590 g/mol. The predicted molar refractivity (Wildman–Crippen MR) is 159 cm³/mol. The SMILES string of the molecule is CC[C@@H](SC1=Nc2ccccc2C2=N[C@H](CCC(=O)NCc3cccs3)C(=O)N12)C(=O)Nc1ccc2c(c1)OCO2. The summed E-state index contributed by atoms with van der Waals surface area (Å²) in [5, 5.41) is 7.67. The Morgan fingerprint density at radius 1 is 1.15 bits per heavy atom. The number of thioether (sulfide) groups is 1. The third-order valence-electron chi connectivity index (χ3n) is 6.78. The molecule has 0 saturated heterocycles. The number of para-hydroxylation sites is 1. The number of ether oxygens (including phenoxy) is 2. The molecule has 3 aromatic rings. The average Bonchev–Trinajstić information content (AvgIpc) is 3.74. The van der Waals surface area contributed by atoms with E-state index in [1.54, 1.807) is 29.5 Å². The maximum Gasteiger partial charge on any atom is 0.259 e. The second kappa shape index (κ2) is 11.8. The number of nitrogens with one attached hydrogen (secondary N) is 2. The Hall–Kier alpha value is -4.16. The van der Waals surface area contributed by atoms with Gasteiger partial charge in [-0.15, -0.1) is 11.3 Å². The Kier molecular flexibility index (Phi) is 7.75. The largest absolute Gasteiger partial charge is 0.454 e. The topological polar surface area (TPSA) is 122 Å². The van der Waals surface area contributed by atoms with E-state index in [9.17, 15) is 14.4 Å². The lowest BCUT2D eigenvalue weighted by atomic mass is 10.1. The maximum absolute atomic E-state index is 13.6. The van der Waals surface area contributed by atoms with Crippen LogP contribution in [0.15, 0.2) is 70.0 Å². The molecule has 6 rings (SSSR count). The Morgan fingerprint density at radius 2 is 2.00 bits per heavy atom. The number of thiophene rings is 1. The minimum Gasteiger partial charge on any atom is -0.454 e. The van der Waals surface area contributed by atoms with E-state index >= 15 is 0 Å². The van der Waals surface area contributed by atoms with Gasteiger partial charge in [-0.25, -0.2) is 9.89 Å². The highest BCUT2D eigenvalue weighted by Gasteiger charge is 2.42. The summed E-state index contributed by atoms with van der Waals surface area (Å²) in [5.41, 5.74) is 2.01. The monoisotopic (exact) mass is 589 g/mol. The highest BCUT2D eigenvalue weighted by atomic mass is 32.2. The number of amidine groups is 2. The third-order valence-corrected chi connectivity index (χ3v) is 8.98. The number of carbonyl (C=O) groups is 3. The van der Waals surface area contributed by atoms with Gasteiger partial charge in [0.05, 0.1) is 17.5 Å². The summed E-state index contributed by atoms with van der Waals surface area (Å²) < 4.78 is 10.8. The second-order valence-electron chi connectivity index (χ2n) is 9.52. The molecule has 4 heterocycles. The van der Waals surface area contributed by atoms with Crippen LogP contribution in [0.4, 0.5) is 11.4 Å². The van der Waals surface area contributed by atoms with Gasteiger partial charge >= 0.3 is 0 Å². The van der Waals surface area contributed by atoms with Gasteiger partial charge in [-0.05, 0) is 48.6 Å². The van der Waals surface area contributed by atoms with Crippen molar-refractivity contribution in [3.63, 3.8) is 0 Å². The summed E-state index contributed by atoms with van der Waals surface area (Å²) in [6.07, 6.45) is 0.949. The van der Waals surface area contributed by atoms with Gasteiger partial charge in [0, 0.05) is 28.6 Å². The van der Waals surface area contributed by atoms with E-state index in [-0.39, 0.29) is 37.4 Å². The molecule has 210 valence electrons. The molecule has 0 fully saturated rings. The van der Waals surface area contributed by atoms with Crippen molar-refractivity contribution in [3.05, 3.63) is 70.4 Å². The molecule has 0 saturated carbocycles. The van der Waals surface area contributed by atoms with E-state index in [0.717, 1.165) is 10.4 Å². The van der Waals surface area contributed by atoms with E-state index in [4.69, 9.17) is 19.5 Å². The van der Waals surface area contributed by atoms with Gasteiger partial charge in [0.25, 0.3) is 5.91 Å². The fraction of sp³-hybridized carbons (Fsp3) is 0.276. The highest BCUT2D eigenvalue weighted by molar-refractivity contribution is 8.15. The molecular formula is C29H27N5O5S2. The van der Waals surface area contributed by atoms with E-state index in [0.29, 0.717) is 46.8 Å². The lowest BCUT2D eigenvalue weighted by molar-refractivity contribution is -0.125. The zero-order valence-corrected chi connectivity index (χ0v) is 23.8. The number of amides is 3. The first-order chi connectivity index (χ1) is 20.0. The minimum absolute atomic E-state index is 0.133. The molecule has 2 aromatic carbocycles. The van der Waals surface area contributed by atoms with Crippen molar-refractivity contribution in [1.82, 2.24) is 10.2 Å². The van der Waals surface area contributed by atoms with Crippen molar-refractivity contribution in [1.29, 1.82) is 0 Å². The van der Waals surface area contributed by atoms with Gasteiger partial charge in [-0.3, -0.25) is 19.4 Å². The summed E-state index contributed by atoms with van der Waals surface area (Å²) in [6.45, 7) is 2.52. The first-order valence-corrected chi connectivity index (χ1v) is 15.0. The molecule has 10 nitrogen and oxygen atoms in total. The standard InChI is InChI=1S/C29H27N5O5S2/c1-2-24(27(36)31-17-9-11-22-23(14-17)39-16-38-22)41-29-33-20-8-4-3-7-19(20)26-32-21(28(37)34(26)29)10-12-25(35)30-15-18-6-5-13-40-18/h3-9,11,13-14,21,24H,2,10,12,15-16H2,1H3,(H,30,35)(H,31,36)/t21-,24-/m1/s1. The van der Waals surface area contributed by atoms with Crippen molar-refractivity contribution in [2.75, 3.05) is 12.1 Å². The van der Waals surface area contributed by atoms with Gasteiger partial charge in [0.2, 0.25) is 18.6 Å². The summed E-state index contributed by atoms with van der Waals surface area (Å²) in [7, 11) is 0. The van der Waals surface area contributed by atoms with E-state index < -0.39 is 11.3 Å². The highest BCUT2D eigenvalue weighted by Crippen LogP contribution is 2.37. The van der Waals surface area contributed by atoms with Crippen molar-refractivity contribution >= 4 is 63.2 Å². The van der Waals surface area contributed by atoms with Gasteiger partial charge < -0.3 is 20.1 Å². The van der Waals surface area contributed by atoms with Gasteiger partial charge in [-0.2, -0.15) is 0 Å². The maximum atomic E-state index is 13.6. The van der Waals surface area contributed by atoms with Crippen molar-refractivity contribution < 1.29 is 23.9 Å². The van der Waals surface area contributed by atoms with Gasteiger partial charge in [0.1, 0.15) is 11.9 Å². The molecule has 0 bridgehead atoms. The first kappa shape index (κ1) is 27.0. The van der Waals surface area contributed by atoms with Crippen LogP contribution in [-0.4, -0.2) is 51.7 Å². The van der Waals surface area contributed by atoms with Crippen LogP contribution >= 0.6 is 23.1 Å². The number of hydrogen-bond donors (Lipinski definition) is 2. The summed E-state index contributed by atoms with van der Waals surface area (Å²) in [6, 6.07) is 15.9. The Labute approximate surface area is 244 Å². The number of nitrogens with zero attached hydrogens (tertiary/aromatic N) is 3. The molecule has 12 heteroatoms. The number of rotatable bonds is 9. The molecule has 0 spiro atoms. The van der Waals surface area contributed by atoms with E-state index in [1.807, 2.05) is 48.7 Å². The molecule has 3 amide bonds. The summed E-state index contributed by atoms with van der Waals surface area (Å²) in [5.74, 6) is 1.10. The molecule has 0 radical (unpaired) electrons. The molecule has 2 atom stereocenters. The number of hydrogen-bond acceptors (Lipinski definition) is 9. The second-order valence-corrected chi connectivity index (χ2v) is 11.7. The molecule has 0 unspecified atom stereocenters. The number of anilines is 1. The molecule has 41 heavy (non-hydrogen) atoms. The summed E-state index contributed by atoms with van der Waals surface area (Å²) in [4.78, 5) is 51.5. The van der Waals surface area contributed by atoms with Crippen molar-refractivity contribution in [3.8, 4) is 11.5 Å². The van der Waals surface area contributed by atoms with E-state index in [2.05, 4.69) is 10.6 Å². The van der Waals surface area contributed by atoms with Crippen LogP contribution in [0, 0.1) is 0 Å². The normalized spacial score (nSPS) is 17.3. The van der Waals surface area contributed by atoms with Gasteiger partial charge in [-0.1, -0.05) is 36.9 Å². The number of fused-ring (bicyclic) bond motifs is 4. The number of carbonyl (C=O) groups excluding carboxylic acids is 3. The smallest absolute Gasteiger partial charge is 0.259 e. The fourth-order valence-electron chi connectivity index (χ4n) is 4.67. The van der Waals surface area contributed by atoms with Crippen LogP contribution in [0.25, 0.3) is 0 Å². The zero-order valence-electron chi connectivity index (χ0n) is 22.2. The lowest BCUT2D eigenvalue weighted by Crippen LogP contribution is -2.42. The zero-order chi connectivity index (χ0) is 28.3. The quantitative estimate of drug-likeness (QED) is 0.374. The van der Waals surface area contributed by atoms with Crippen LogP contribution < -0.4 is 20.1 Å². The summed E-state index contributed by atoms with van der Waals surface area (Å²) >= 11 is 2.80. The van der Waals surface area contributed by atoms with Crippen LogP contribution in [0.3, 0.4) is 0 Å². The third kappa shape index (κ3) is 5.70. The van der Waals surface area contributed by atoms with Crippen LogP contribution in [-0.2, 0) is 20.9 Å². The predicted octanol–water partition coefficient (Wildman–Crippen LogP) is 4.68. The lowest BCUT2D eigenvalue weighted by Gasteiger charge is -2.27. The molecule has 1 aromatic heterocycles.